The quantitative estimate of drug-likeness (QED) is 0.440. The number of nitrogens with zero attached hydrogens (tertiary/aromatic N) is 4. The van der Waals surface area contributed by atoms with Crippen LogP contribution in [0.15, 0.2) is 30.7 Å². The van der Waals surface area contributed by atoms with Crippen molar-refractivity contribution in [3.63, 3.8) is 0 Å². The molecule has 0 saturated heterocycles. The third-order valence-corrected chi connectivity index (χ3v) is 5.75. The molecule has 1 amide bonds. The summed E-state index contributed by atoms with van der Waals surface area (Å²) in [6.45, 7) is 7.60. The van der Waals surface area contributed by atoms with Crippen LogP contribution in [0.2, 0.25) is 0 Å². The Balaban J connectivity index is 1.88. The van der Waals surface area contributed by atoms with Crippen molar-refractivity contribution in [3.05, 3.63) is 55.7 Å². The Morgan fingerprint density at radius 2 is 1.97 bits per heavy atom. The van der Waals surface area contributed by atoms with Gasteiger partial charge in [-0.2, -0.15) is 0 Å². The zero-order valence-corrected chi connectivity index (χ0v) is 19.7. The molecule has 0 unspecified atom stereocenters. The SMILES string of the molecule is CCCCn1c(N)c(N(C)C(=O)c2cc(-c3cc(C)oc3C)nc3onc(C)c23)c(=O)[nH]c1=O. The van der Waals surface area contributed by atoms with Gasteiger partial charge >= 0.3 is 5.69 Å². The van der Waals surface area contributed by atoms with E-state index in [1.807, 2.05) is 19.9 Å². The summed E-state index contributed by atoms with van der Waals surface area (Å²) >= 11 is 0. The molecule has 11 heteroatoms. The minimum atomic E-state index is -0.750. The number of pyridine rings is 1. The van der Waals surface area contributed by atoms with Crippen LogP contribution in [0.5, 0.6) is 0 Å². The van der Waals surface area contributed by atoms with Crippen LogP contribution in [0.3, 0.4) is 0 Å². The molecular weight excluding hydrogens is 440 g/mol. The molecule has 0 spiro atoms. The van der Waals surface area contributed by atoms with E-state index < -0.39 is 17.2 Å². The first-order valence-electron chi connectivity index (χ1n) is 10.9. The molecule has 0 saturated carbocycles. The van der Waals surface area contributed by atoms with Crippen LogP contribution in [0.4, 0.5) is 11.5 Å². The molecule has 4 aromatic heterocycles. The minimum absolute atomic E-state index is 0.0769. The Morgan fingerprint density at radius 3 is 2.62 bits per heavy atom. The van der Waals surface area contributed by atoms with Crippen molar-refractivity contribution in [3.8, 4) is 11.3 Å². The lowest BCUT2D eigenvalue weighted by Crippen LogP contribution is -2.39. The van der Waals surface area contributed by atoms with Gasteiger partial charge in [0.25, 0.3) is 17.2 Å². The molecule has 4 rings (SSSR count). The molecule has 0 aromatic carbocycles. The lowest BCUT2D eigenvalue weighted by Gasteiger charge is -2.21. The van der Waals surface area contributed by atoms with Gasteiger partial charge in [-0.15, -0.1) is 0 Å². The normalized spacial score (nSPS) is 11.3. The van der Waals surface area contributed by atoms with E-state index in [-0.39, 0.29) is 22.8 Å². The number of unbranched alkanes of at least 4 members (excludes halogenated alkanes) is 1. The summed E-state index contributed by atoms with van der Waals surface area (Å²) in [4.78, 5) is 46.6. The average molecular weight is 466 g/mol. The summed E-state index contributed by atoms with van der Waals surface area (Å²) < 4.78 is 12.2. The van der Waals surface area contributed by atoms with E-state index in [4.69, 9.17) is 14.7 Å². The molecule has 4 aromatic rings. The summed E-state index contributed by atoms with van der Waals surface area (Å²) in [5.74, 6) is 0.723. The number of anilines is 2. The van der Waals surface area contributed by atoms with E-state index in [0.29, 0.717) is 46.8 Å². The molecule has 0 fully saturated rings. The van der Waals surface area contributed by atoms with E-state index in [1.54, 1.807) is 19.9 Å². The van der Waals surface area contributed by atoms with Gasteiger partial charge in [-0.25, -0.2) is 9.78 Å². The van der Waals surface area contributed by atoms with E-state index in [1.165, 1.54) is 11.6 Å². The first-order valence-corrected chi connectivity index (χ1v) is 10.9. The third-order valence-electron chi connectivity index (χ3n) is 5.75. The zero-order valence-electron chi connectivity index (χ0n) is 19.7. The number of carbonyl (C=O) groups is 1. The molecule has 11 nitrogen and oxygen atoms in total. The maximum atomic E-state index is 13.7. The third kappa shape index (κ3) is 3.78. The molecule has 178 valence electrons. The number of aromatic nitrogens is 4. The Morgan fingerprint density at radius 1 is 1.24 bits per heavy atom. The number of H-pyrrole nitrogens is 1. The van der Waals surface area contributed by atoms with Crippen LogP contribution in [0.25, 0.3) is 22.4 Å². The number of nitrogens with one attached hydrogen (secondary N) is 1. The molecule has 3 N–H and O–H groups in total. The van der Waals surface area contributed by atoms with Gasteiger partial charge in [0.15, 0.2) is 5.69 Å². The van der Waals surface area contributed by atoms with Crippen LogP contribution in [-0.2, 0) is 6.54 Å². The highest BCUT2D eigenvalue weighted by Gasteiger charge is 2.27. The largest absolute Gasteiger partial charge is 0.466 e. The van der Waals surface area contributed by atoms with E-state index in [2.05, 4.69) is 15.1 Å². The van der Waals surface area contributed by atoms with Crippen molar-refractivity contribution in [2.45, 2.75) is 47.1 Å². The minimum Gasteiger partial charge on any atom is -0.466 e. The zero-order chi connectivity index (χ0) is 24.7. The fraction of sp³-hybridized carbons (Fsp3) is 0.348. The summed E-state index contributed by atoms with van der Waals surface area (Å²) in [5.41, 5.74) is 6.77. The summed E-state index contributed by atoms with van der Waals surface area (Å²) in [7, 11) is 1.43. The number of hydrogen-bond acceptors (Lipinski definition) is 8. The van der Waals surface area contributed by atoms with Crippen molar-refractivity contribution in [2.75, 3.05) is 17.7 Å². The Kier molecular flexibility index (Phi) is 5.86. The second-order valence-electron chi connectivity index (χ2n) is 8.19. The van der Waals surface area contributed by atoms with Crippen LogP contribution in [0.1, 0.15) is 47.3 Å². The van der Waals surface area contributed by atoms with E-state index >= 15 is 0 Å². The van der Waals surface area contributed by atoms with Gasteiger partial charge < -0.3 is 19.6 Å². The first kappa shape index (κ1) is 23.0. The second kappa shape index (κ2) is 8.65. The Labute approximate surface area is 194 Å². The molecule has 0 atom stereocenters. The molecule has 0 aliphatic heterocycles. The van der Waals surface area contributed by atoms with Crippen molar-refractivity contribution in [2.24, 2.45) is 0 Å². The van der Waals surface area contributed by atoms with Gasteiger partial charge in [0, 0.05) is 19.2 Å². The van der Waals surface area contributed by atoms with Gasteiger partial charge in [0.1, 0.15) is 17.3 Å². The maximum absolute atomic E-state index is 13.7. The lowest BCUT2D eigenvalue weighted by atomic mass is 10.0. The number of nitrogens with two attached hydrogens (primary N) is 1. The molecule has 0 aliphatic rings. The highest BCUT2D eigenvalue weighted by atomic mass is 16.5. The number of hydrogen-bond donors (Lipinski definition) is 2. The van der Waals surface area contributed by atoms with Gasteiger partial charge in [-0.05, 0) is 39.3 Å². The highest BCUT2D eigenvalue weighted by molar-refractivity contribution is 6.14. The van der Waals surface area contributed by atoms with Crippen molar-refractivity contribution in [1.82, 2.24) is 19.7 Å². The molecule has 0 aliphatic carbocycles. The van der Waals surface area contributed by atoms with Crippen molar-refractivity contribution >= 4 is 28.5 Å². The standard InChI is InChI=1S/C23H26N6O5/c1-6-7-8-29-19(24)18(20(30)26-23(29)32)28(5)22(31)15-10-16(14-9-11(2)33-13(14)4)25-21-17(15)12(3)27-34-21/h9-10H,6-8,24H2,1-5H3,(H,26,30,32). The van der Waals surface area contributed by atoms with Crippen molar-refractivity contribution < 1.29 is 13.7 Å². The van der Waals surface area contributed by atoms with Gasteiger partial charge in [-0.1, -0.05) is 18.5 Å². The van der Waals surface area contributed by atoms with Crippen LogP contribution in [-0.4, -0.2) is 32.6 Å². The molecule has 0 bridgehead atoms. The van der Waals surface area contributed by atoms with Crippen LogP contribution >= 0.6 is 0 Å². The number of rotatable bonds is 6. The summed E-state index contributed by atoms with van der Waals surface area (Å²) in [6.07, 6.45) is 1.51. The number of nitrogen functional groups attached to an aromatic ring is 1. The number of fused-ring (bicyclic) bond motifs is 1. The number of aromatic amines is 1. The maximum Gasteiger partial charge on any atom is 0.330 e. The van der Waals surface area contributed by atoms with Gasteiger partial charge in [-0.3, -0.25) is 19.1 Å². The van der Waals surface area contributed by atoms with Gasteiger partial charge in [0.2, 0.25) is 0 Å². The molecule has 0 radical (unpaired) electrons. The topological polar surface area (TPSA) is 153 Å². The lowest BCUT2D eigenvalue weighted by molar-refractivity contribution is 0.0994. The number of carbonyl (C=O) groups excluding carboxylic acids is 1. The van der Waals surface area contributed by atoms with E-state index in [9.17, 15) is 14.4 Å². The Bertz CT molecular complexity index is 1520. The molecule has 34 heavy (non-hydrogen) atoms. The summed E-state index contributed by atoms with van der Waals surface area (Å²) in [6, 6.07) is 3.43. The second-order valence-corrected chi connectivity index (χ2v) is 8.19. The highest BCUT2D eigenvalue weighted by Crippen LogP contribution is 2.31. The molecule has 4 heterocycles. The van der Waals surface area contributed by atoms with Gasteiger partial charge in [0.05, 0.1) is 22.3 Å². The van der Waals surface area contributed by atoms with E-state index in [0.717, 1.165) is 11.3 Å². The number of amides is 1. The smallest absolute Gasteiger partial charge is 0.330 e. The van der Waals surface area contributed by atoms with Crippen molar-refractivity contribution in [1.29, 1.82) is 0 Å². The number of aryl methyl sites for hydroxylation is 3. The molecular formula is C23H26N6O5. The monoisotopic (exact) mass is 466 g/mol. The predicted octanol–water partition coefficient (Wildman–Crippen LogP) is 2.92. The number of furan rings is 1. The fourth-order valence-corrected chi connectivity index (χ4v) is 4.01. The Hall–Kier alpha value is -4.15. The first-order chi connectivity index (χ1) is 16.1. The van der Waals surface area contributed by atoms with Crippen LogP contribution < -0.4 is 21.9 Å². The fourth-order valence-electron chi connectivity index (χ4n) is 4.01. The predicted molar refractivity (Wildman–Crippen MR) is 127 cm³/mol. The summed E-state index contributed by atoms with van der Waals surface area (Å²) in [5, 5.41) is 4.38. The van der Waals surface area contributed by atoms with Crippen LogP contribution in [0, 0.1) is 20.8 Å². The average Bonchev–Trinajstić information content (AvgIpc) is 3.33.